The molecule has 2 aromatic carbocycles. The smallest absolute Gasteiger partial charge is 0.432 e. The van der Waals surface area contributed by atoms with E-state index in [1.165, 1.54) is 43.3 Å². The maximum Gasteiger partial charge on any atom is 0.432 e. The Balaban J connectivity index is 2.08. The molecule has 1 fully saturated rings. The quantitative estimate of drug-likeness (QED) is 0.192. The maximum atomic E-state index is 14.6. The summed E-state index contributed by atoms with van der Waals surface area (Å²) < 4.78 is 112. The molecule has 9 nitrogen and oxygen atoms in total. The number of ether oxygens (including phenoxy) is 5. The molecule has 15 heteroatoms. The highest BCUT2D eigenvalue weighted by Gasteiger charge is 2.66. The highest BCUT2D eigenvalue weighted by atomic mass is 19.4. The van der Waals surface area contributed by atoms with Gasteiger partial charge < -0.3 is 23.7 Å². The van der Waals surface area contributed by atoms with E-state index in [-0.39, 0.29) is 6.42 Å². The van der Waals surface area contributed by atoms with Crippen molar-refractivity contribution in [3.05, 3.63) is 71.8 Å². The summed E-state index contributed by atoms with van der Waals surface area (Å²) in [6.45, 7) is 1.54. The molecule has 5 atom stereocenters. The van der Waals surface area contributed by atoms with Gasteiger partial charge in [-0.1, -0.05) is 67.1 Å². The standard InChI is InChI=1S/C32H34F6O9/c1-20-13-7-4-12-18-23(46-27(41)29(43-2,31(33,34)35)21-14-8-5-9-15-21)26(40)24(19-25(39)45-20)47-28(42)30(44-3,32(36,37)38)22-16-10-6-11-17-22/h5-6,8-11,14-17,20,23-24H,4,7,12-13,18-19H2,1-3H3/t20-,23-,24-,29+,30+/m0/s1. The van der Waals surface area contributed by atoms with Crippen LogP contribution in [0, 0.1) is 0 Å². The number of rotatable bonds is 8. The minimum atomic E-state index is -5.46. The number of benzene rings is 2. The Kier molecular flexibility index (Phi) is 12.2. The topological polar surface area (TPSA) is 114 Å². The normalized spacial score (nSPS) is 22.8. The van der Waals surface area contributed by atoms with E-state index in [9.17, 15) is 45.5 Å². The Labute approximate surface area is 266 Å². The zero-order valence-electron chi connectivity index (χ0n) is 25.7. The molecule has 258 valence electrons. The molecule has 47 heavy (non-hydrogen) atoms. The van der Waals surface area contributed by atoms with Crippen molar-refractivity contribution < 1.29 is 69.2 Å². The van der Waals surface area contributed by atoms with Crippen molar-refractivity contribution in [1.82, 2.24) is 0 Å². The molecule has 1 aliphatic heterocycles. The molecule has 0 N–H and O–H groups in total. The molecule has 0 aromatic heterocycles. The summed E-state index contributed by atoms with van der Waals surface area (Å²) >= 11 is 0. The van der Waals surface area contributed by atoms with Crippen molar-refractivity contribution in [3.63, 3.8) is 0 Å². The number of Topliss-reactive ketones (excluding diaryl/α,β-unsaturated/α-hetero) is 1. The Morgan fingerprint density at radius 2 is 1.11 bits per heavy atom. The number of halogens is 6. The summed E-state index contributed by atoms with van der Waals surface area (Å²) in [5.74, 6) is -6.82. The molecule has 0 saturated carbocycles. The molecule has 1 heterocycles. The van der Waals surface area contributed by atoms with Crippen LogP contribution in [-0.4, -0.2) is 68.6 Å². The summed E-state index contributed by atoms with van der Waals surface area (Å²) in [6.07, 6.45) is -16.4. The van der Waals surface area contributed by atoms with E-state index in [0.29, 0.717) is 33.5 Å². The van der Waals surface area contributed by atoms with Gasteiger partial charge in [0.1, 0.15) is 0 Å². The highest BCUT2D eigenvalue weighted by Crippen LogP contribution is 2.45. The zero-order chi connectivity index (χ0) is 35.0. The lowest BCUT2D eigenvalue weighted by Crippen LogP contribution is -2.55. The van der Waals surface area contributed by atoms with Gasteiger partial charge in [-0.2, -0.15) is 26.3 Å². The number of ketones is 1. The fourth-order valence-electron chi connectivity index (χ4n) is 5.29. The molecule has 0 bridgehead atoms. The van der Waals surface area contributed by atoms with E-state index < -0.39 is 89.5 Å². The first kappa shape index (κ1) is 37.5. The van der Waals surface area contributed by atoms with Gasteiger partial charge in [0.15, 0.2) is 12.2 Å². The van der Waals surface area contributed by atoms with Crippen LogP contribution in [0.5, 0.6) is 0 Å². The SMILES string of the molecule is CO[C@@](C(=O)O[C@H]1CCCCC[C@H](C)OC(=O)C[C@H](OC(=O)[C@](OC)(c2ccccc2)C(F)(F)F)C1=O)(c1ccccc1)C(F)(F)F. The molecular weight excluding hydrogens is 642 g/mol. The van der Waals surface area contributed by atoms with E-state index in [1.807, 2.05) is 0 Å². The third-order valence-corrected chi connectivity index (χ3v) is 7.74. The average Bonchev–Trinajstić information content (AvgIpc) is 3.00. The Hall–Kier alpha value is -3.98. The van der Waals surface area contributed by atoms with E-state index >= 15 is 0 Å². The number of esters is 3. The first-order chi connectivity index (χ1) is 22.0. The molecule has 1 aliphatic rings. The monoisotopic (exact) mass is 676 g/mol. The van der Waals surface area contributed by atoms with E-state index in [0.717, 1.165) is 24.3 Å². The van der Waals surface area contributed by atoms with Gasteiger partial charge in [-0.3, -0.25) is 9.59 Å². The summed E-state index contributed by atoms with van der Waals surface area (Å²) in [5, 5.41) is 0. The summed E-state index contributed by atoms with van der Waals surface area (Å²) in [6, 6.07) is 11.3. The second-order valence-electron chi connectivity index (χ2n) is 10.8. The van der Waals surface area contributed by atoms with Crippen molar-refractivity contribution in [3.8, 4) is 0 Å². The fourth-order valence-corrected chi connectivity index (χ4v) is 5.29. The Morgan fingerprint density at radius 1 is 0.681 bits per heavy atom. The predicted molar refractivity (Wildman–Crippen MR) is 150 cm³/mol. The van der Waals surface area contributed by atoms with Gasteiger partial charge in [-0.15, -0.1) is 0 Å². The Bertz CT molecular complexity index is 1380. The van der Waals surface area contributed by atoms with Gasteiger partial charge in [-0.05, 0) is 32.6 Å². The Morgan fingerprint density at radius 3 is 1.53 bits per heavy atom. The molecule has 3 rings (SSSR count). The second-order valence-corrected chi connectivity index (χ2v) is 10.8. The molecular formula is C32H34F6O9. The third-order valence-electron chi connectivity index (χ3n) is 7.74. The van der Waals surface area contributed by atoms with Crippen molar-refractivity contribution >= 4 is 23.7 Å². The van der Waals surface area contributed by atoms with Crippen LogP contribution in [0.2, 0.25) is 0 Å². The molecule has 0 radical (unpaired) electrons. The lowest BCUT2D eigenvalue weighted by molar-refractivity contribution is -0.278. The highest BCUT2D eigenvalue weighted by molar-refractivity contribution is 5.95. The van der Waals surface area contributed by atoms with Gasteiger partial charge in [0.05, 0.1) is 12.5 Å². The number of hydrogen-bond donors (Lipinski definition) is 0. The minimum Gasteiger partial charge on any atom is -0.463 e. The maximum absolute atomic E-state index is 14.6. The van der Waals surface area contributed by atoms with Gasteiger partial charge in [0.2, 0.25) is 5.78 Å². The van der Waals surface area contributed by atoms with Crippen molar-refractivity contribution in [2.24, 2.45) is 0 Å². The van der Waals surface area contributed by atoms with Crippen LogP contribution >= 0.6 is 0 Å². The van der Waals surface area contributed by atoms with Crippen LogP contribution in [0.15, 0.2) is 60.7 Å². The predicted octanol–water partition coefficient (Wildman–Crippen LogP) is 5.87. The lowest BCUT2D eigenvalue weighted by Gasteiger charge is -2.35. The number of methoxy groups -OCH3 is 2. The van der Waals surface area contributed by atoms with Crippen LogP contribution in [0.3, 0.4) is 0 Å². The van der Waals surface area contributed by atoms with Crippen molar-refractivity contribution in [2.75, 3.05) is 14.2 Å². The van der Waals surface area contributed by atoms with Crippen LogP contribution in [0.25, 0.3) is 0 Å². The van der Waals surface area contributed by atoms with E-state index in [2.05, 4.69) is 0 Å². The number of carbonyl (C=O) groups is 4. The zero-order valence-corrected chi connectivity index (χ0v) is 25.7. The average molecular weight is 677 g/mol. The number of carbonyl (C=O) groups excluding carboxylic acids is 4. The summed E-state index contributed by atoms with van der Waals surface area (Å²) in [4.78, 5) is 53.5. The summed E-state index contributed by atoms with van der Waals surface area (Å²) in [7, 11) is 1.19. The number of hydrogen-bond acceptors (Lipinski definition) is 9. The van der Waals surface area contributed by atoms with E-state index in [1.54, 1.807) is 0 Å². The molecule has 0 aliphatic carbocycles. The van der Waals surface area contributed by atoms with Gasteiger partial charge >= 0.3 is 30.3 Å². The molecule has 0 amide bonds. The third kappa shape index (κ3) is 7.95. The van der Waals surface area contributed by atoms with Crippen molar-refractivity contribution in [1.29, 1.82) is 0 Å². The largest absolute Gasteiger partial charge is 0.463 e. The molecule has 0 unspecified atom stereocenters. The number of cyclic esters (lactones) is 1. The molecule has 2 aromatic rings. The van der Waals surface area contributed by atoms with Crippen molar-refractivity contribution in [2.45, 2.75) is 87.3 Å². The molecule has 0 spiro atoms. The lowest BCUT2D eigenvalue weighted by atomic mass is 9.91. The first-order valence-corrected chi connectivity index (χ1v) is 14.5. The first-order valence-electron chi connectivity index (χ1n) is 14.5. The van der Waals surface area contributed by atoms with E-state index in [4.69, 9.17) is 23.7 Å². The van der Waals surface area contributed by atoms with Gasteiger partial charge in [-0.25, -0.2) is 9.59 Å². The molecule has 1 saturated heterocycles. The minimum absolute atomic E-state index is 0.0942. The summed E-state index contributed by atoms with van der Waals surface area (Å²) in [5.41, 5.74) is -8.90. The van der Waals surface area contributed by atoms with Crippen LogP contribution in [0.4, 0.5) is 26.3 Å². The fraction of sp³-hybridized carbons (Fsp3) is 0.500. The van der Waals surface area contributed by atoms with Gasteiger partial charge in [0.25, 0.3) is 11.2 Å². The van der Waals surface area contributed by atoms with Crippen LogP contribution in [-0.2, 0) is 54.1 Å². The van der Waals surface area contributed by atoms with Gasteiger partial charge in [0, 0.05) is 25.3 Å². The van der Waals surface area contributed by atoms with Crippen LogP contribution in [0.1, 0.15) is 56.6 Å². The number of alkyl halides is 6. The second kappa shape index (κ2) is 15.3. The van der Waals surface area contributed by atoms with Crippen LogP contribution < -0.4 is 0 Å².